The molecule has 5 nitrogen and oxygen atoms in total. The zero-order chi connectivity index (χ0) is 14.7. The van der Waals surface area contributed by atoms with Gasteiger partial charge >= 0.3 is 0 Å². The zero-order valence-electron chi connectivity index (χ0n) is 11.4. The zero-order valence-corrected chi connectivity index (χ0v) is 13.1. The number of nitrogens with one attached hydrogen (secondary N) is 1. The largest absolute Gasteiger partial charge is 0.392 e. The van der Waals surface area contributed by atoms with Crippen LogP contribution in [-0.4, -0.2) is 37.4 Å². The standard InChI is InChI=1S/C12H22N2O3S2/c1-3-12(4-2,10(13)18)11(15)14-7-9-5-6-19(16,17)8-9/h9H,3-8H2,1-2H3,(H2,13,18)(H,14,15). The average Bonchev–Trinajstić information content (AvgIpc) is 2.68. The van der Waals surface area contributed by atoms with Crippen molar-refractivity contribution in [3.8, 4) is 0 Å². The molecule has 1 amide bonds. The average molecular weight is 306 g/mol. The van der Waals surface area contributed by atoms with Gasteiger partial charge in [-0.25, -0.2) is 8.42 Å². The van der Waals surface area contributed by atoms with E-state index in [1.807, 2.05) is 13.8 Å². The molecule has 1 rings (SSSR count). The molecule has 0 aromatic carbocycles. The van der Waals surface area contributed by atoms with Crippen LogP contribution in [0.1, 0.15) is 33.1 Å². The van der Waals surface area contributed by atoms with Crippen molar-refractivity contribution in [2.24, 2.45) is 17.1 Å². The Morgan fingerprint density at radius 1 is 1.42 bits per heavy atom. The van der Waals surface area contributed by atoms with Gasteiger partial charge in [-0.05, 0) is 25.2 Å². The Bertz CT molecular complexity index is 456. The summed E-state index contributed by atoms with van der Waals surface area (Å²) < 4.78 is 22.7. The molecule has 1 fully saturated rings. The van der Waals surface area contributed by atoms with Crippen LogP contribution in [0.2, 0.25) is 0 Å². The summed E-state index contributed by atoms with van der Waals surface area (Å²) in [6.45, 7) is 4.13. The highest BCUT2D eigenvalue weighted by atomic mass is 32.2. The Labute approximate surface area is 120 Å². The van der Waals surface area contributed by atoms with Crippen molar-refractivity contribution in [1.82, 2.24) is 5.32 Å². The molecule has 0 aromatic rings. The minimum absolute atomic E-state index is 0.00621. The first-order chi connectivity index (χ1) is 8.77. The van der Waals surface area contributed by atoms with E-state index in [0.717, 1.165) is 0 Å². The number of thiocarbonyl (C=S) groups is 1. The lowest BCUT2D eigenvalue weighted by atomic mass is 9.81. The van der Waals surface area contributed by atoms with E-state index in [1.54, 1.807) is 0 Å². The van der Waals surface area contributed by atoms with Crippen molar-refractivity contribution in [2.45, 2.75) is 33.1 Å². The quantitative estimate of drug-likeness (QED) is 0.703. The van der Waals surface area contributed by atoms with Crippen LogP contribution in [0.5, 0.6) is 0 Å². The van der Waals surface area contributed by atoms with Crippen LogP contribution < -0.4 is 11.1 Å². The first-order valence-corrected chi connectivity index (χ1v) is 8.79. The molecule has 3 N–H and O–H groups in total. The lowest BCUT2D eigenvalue weighted by Crippen LogP contribution is -2.49. The Morgan fingerprint density at radius 3 is 2.37 bits per heavy atom. The molecule has 0 saturated carbocycles. The van der Waals surface area contributed by atoms with Crippen LogP contribution in [-0.2, 0) is 14.6 Å². The molecule has 0 aromatic heterocycles. The lowest BCUT2D eigenvalue weighted by Gasteiger charge is -2.29. The van der Waals surface area contributed by atoms with E-state index in [-0.39, 0.29) is 28.3 Å². The van der Waals surface area contributed by atoms with E-state index in [1.165, 1.54) is 0 Å². The van der Waals surface area contributed by atoms with Crippen LogP contribution in [0.4, 0.5) is 0 Å². The Hall–Kier alpha value is -0.690. The number of carbonyl (C=O) groups excluding carboxylic acids is 1. The minimum Gasteiger partial charge on any atom is -0.392 e. The van der Waals surface area contributed by atoms with Gasteiger partial charge in [-0.3, -0.25) is 4.79 Å². The predicted molar refractivity (Wildman–Crippen MR) is 79.6 cm³/mol. The van der Waals surface area contributed by atoms with Gasteiger partial charge in [0.2, 0.25) is 5.91 Å². The third kappa shape index (κ3) is 3.66. The molecular weight excluding hydrogens is 284 g/mol. The molecule has 0 aliphatic carbocycles. The van der Waals surface area contributed by atoms with Gasteiger partial charge in [-0.15, -0.1) is 0 Å². The molecule has 0 radical (unpaired) electrons. The van der Waals surface area contributed by atoms with E-state index < -0.39 is 15.3 Å². The predicted octanol–water partition coefficient (Wildman–Crippen LogP) is 0.630. The normalized spacial score (nSPS) is 22.1. The fourth-order valence-electron chi connectivity index (χ4n) is 2.47. The van der Waals surface area contributed by atoms with Gasteiger partial charge in [-0.1, -0.05) is 26.1 Å². The summed E-state index contributed by atoms with van der Waals surface area (Å²) in [7, 11) is -2.91. The summed E-state index contributed by atoms with van der Waals surface area (Å²) >= 11 is 5.01. The van der Waals surface area contributed by atoms with Crippen LogP contribution in [0.3, 0.4) is 0 Å². The van der Waals surface area contributed by atoms with Gasteiger partial charge in [0, 0.05) is 6.54 Å². The first-order valence-electron chi connectivity index (χ1n) is 6.56. The second kappa shape index (κ2) is 6.17. The molecule has 1 unspecified atom stereocenters. The molecule has 0 bridgehead atoms. The molecule has 7 heteroatoms. The molecule has 1 heterocycles. The van der Waals surface area contributed by atoms with Crippen molar-refractivity contribution in [2.75, 3.05) is 18.1 Å². The second-order valence-electron chi connectivity index (χ2n) is 5.13. The van der Waals surface area contributed by atoms with E-state index in [2.05, 4.69) is 5.32 Å². The fourth-order valence-corrected chi connectivity index (χ4v) is 4.71. The maximum absolute atomic E-state index is 12.3. The topological polar surface area (TPSA) is 89.3 Å². The first kappa shape index (κ1) is 16.4. The third-order valence-electron chi connectivity index (χ3n) is 3.99. The van der Waals surface area contributed by atoms with Gasteiger partial charge in [-0.2, -0.15) is 0 Å². The number of sulfone groups is 1. The molecule has 1 aliphatic rings. The van der Waals surface area contributed by atoms with E-state index in [4.69, 9.17) is 18.0 Å². The maximum atomic E-state index is 12.3. The number of rotatable bonds is 6. The summed E-state index contributed by atoms with van der Waals surface area (Å²) in [6, 6.07) is 0. The molecule has 1 saturated heterocycles. The summed E-state index contributed by atoms with van der Waals surface area (Å²) in [4.78, 5) is 12.5. The van der Waals surface area contributed by atoms with Crippen molar-refractivity contribution in [1.29, 1.82) is 0 Å². The summed E-state index contributed by atoms with van der Waals surface area (Å²) in [5, 5.41) is 2.82. The lowest BCUT2D eigenvalue weighted by molar-refractivity contribution is -0.128. The second-order valence-corrected chi connectivity index (χ2v) is 7.80. The highest BCUT2D eigenvalue weighted by molar-refractivity contribution is 7.91. The number of carbonyl (C=O) groups is 1. The van der Waals surface area contributed by atoms with Crippen molar-refractivity contribution < 1.29 is 13.2 Å². The van der Waals surface area contributed by atoms with Crippen LogP contribution in [0.15, 0.2) is 0 Å². The monoisotopic (exact) mass is 306 g/mol. The maximum Gasteiger partial charge on any atom is 0.233 e. The number of nitrogens with two attached hydrogens (primary N) is 1. The molecular formula is C12H22N2O3S2. The van der Waals surface area contributed by atoms with Crippen LogP contribution >= 0.6 is 12.2 Å². The van der Waals surface area contributed by atoms with Crippen molar-refractivity contribution in [3.05, 3.63) is 0 Å². The third-order valence-corrected chi connectivity index (χ3v) is 6.22. The smallest absolute Gasteiger partial charge is 0.233 e. The number of hydrogen-bond acceptors (Lipinski definition) is 4. The van der Waals surface area contributed by atoms with Crippen LogP contribution in [0, 0.1) is 11.3 Å². The Kier molecular flexibility index (Phi) is 5.32. The SMILES string of the molecule is CCC(CC)(C(=O)NCC1CCS(=O)(=O)C1)C(N)=S. The minimum atomic E-state index is -2.91. The highest BCUT2D eigenvalue weighted by Crippen LogP contribution is 2.27. The molecule has 1 atom stereocenters. The number of amides is 1. The Morgan fingerprint density at radius 2 is 2.00 bits per heavy atom. The van der Waals surface area contributed by atoms with Crippen molar-refractivity contribution in [3.63, 3.8) is 0 Å². The summed E-state index contributed by atoms with van der Waals surface area (Å²) in [5.74, 6) is 0.197. The fraction of sp³-hybridized carbons (Fsp3) is 0.833. The molecule has 1 aliphatic heterocycles. The molecule has 110 valence electrons. The van der Waals surface area contributed by atoms with Gasteiger partial charge in [0.1, 0.15) is 0 Å². The number of hydrogen-bond donors (Lipinski definition) is 2. The summed E-state index contributed by atoms with van der Waals surface area (Å²) in [5.41, 5.74) is 4.88. The van der Waals surface area contributed by atoms with Gasteiger partial charge < -0.3 is 11.1 Å². The van der Waals surface area contributed by atoms with Crippen molar-refractivity contribution >= 4 is 33.0 Å². The van der Waals surface area contributed by atoms with Gasteiger partial charge in [0.05, 0.1) is 21.9 Å². The van der Waals surface area contributed by atoms with Gasteiger partial charge in [0.15, 0.2) is 9.84 Å². The van der Waals surface area contributed by atoms with Gasteiger partial charge in [0.25, 0.3) is 0 Å². The van der Waals surface area contributed by atoms with Crippen LogP contribution in [0.25, 0.3) is 0 Å². The van der Waals surface area contributed by atoms with E-state index in [0.29, 0.717) is 25.8 Å². The molecule has 19 heavy (non-hydrogen) atoms. The van der Waals surface area contributed by atoms with E-state index >= 15 is 0 Å². The highest BCUT2D eigenvalue weighted by Gasteiger charge is 2.38. The van der Waals surface area contributed by atoms with E-state index in [9.17, 15) is 13.2 Å². The Balaban J connectivity index is 2.62. The summed E-state index contributed by atoms with van der Waals surface area (Å²) in [6.07, 6.45) is 1.71. The molecule has 0 spiro atoms.